The van der Waals surface area contributed by atoms with Crippen molar-refractivity contribution in [1.82, 2.24) is 14.7 Å². The second-order valence-electron chi connectivity index (χ2n) is 6.03. The maximum atomic E-state index is 12.3. The zero-order valence-corrected chi connectivity index (χ0v) is 14.7. The molecular weight excluding hydrogens is 318 g/mol. The molecule has 0 atom stereocenters. The maximum absolute atomic E-state index is 12.3. The van der Waals surface area contributed by atoms with E-state index < -0.39 is 0 Å². The number of aromatic nitrogens is 2. The number of esters is 1. The van der Waals surface area contributed by atoms with Crippen LogP contribution >= 0.6 is 0 Å². The van der Waals surface area contributed by atoms with Gasteiger partial charge in [-0.25, -0.2) is 4.79 Å². The molecule has 0 N–H and O–H groups in total. The van der Waals surface area contributed by atoms with Crippen molar-refractivity contribution in [1.29, 1.82) is 0 Å². The van der Waals surface area contributed by atoms with Crippen LogP contribution in [-0.2, 0) is 16.0 Å². The van der Waals surface area contributed by atoms with E-state index in [9.17, 15) is 4.79 Å². The summed E-state index contributed by atoms with van der Waals surface area (Å²) in [6.45, 7) is 7.39. The topological polar surface area (TPSA) is 56.6 Å². The van der Waals surface area contributed by atoms with E-state index in [1.165, 1.54) is 0 Å². The van der Waals surface area contributed by atoms with Gasteiger partial charge in [-0.1, -0.05) is 30.3 Å². The van der Waals surface area contributed by atoms with Crippen molar-refractivity contribution in [3.63, 3.8) is 0 Å². The lowest BCUT2D eigenvalue weighted by atomic mass is 10.1. The highest BCUT2D eigenvalue weighted by atomic mass is 16.5. The Labute approximate surface area is 148 Å². The lowest BCUT2D eigenvalue weighted by Gasteiger charge is -2.26. The van der Waals surface area contributed by atoms with Gasteiger partial charge < -0.3 is 9.47 Å². The van der Waals surface area contributed by atoms with Crippen LogP contribution in [0, 0.1) is 0 Å². The van der Waals surface area contributed by atoms with Crippen LogP contribution in [0.1, 0.15) is 23.8 Å². The average molecular weight is 343 g/mol. The molecule has 1 fully saturated rings. The Morgan fingerprint density at radius 3 is 2.68 bits per heavy atom. The first-order valence-corrected chi connectivity index (χ1v) is 8.88. The van der Waals surface area contributed by atoms with Gasteiger partial charge in [-0.15, -0.1) is 0 Å². The highest BCUT2D eigenvalue weighted by molar-refractivity contribution is 5.89. The zero-order valence-electron chi connectivity index (χ0n) is 14.7. The highest BCUT2D eigenvalue weighted by Crippen LogP contribution is 2.20. The van der Waals surface area contributed by atoms with Gasteiger partial charge in [0, 0.05) is 31.7 Å². The third-order valence-corrected chi connectivity index (χ3v) is 4.28. The smallest absolute Gasteiger partial charge is 0.356 e. The van der Waals surface area contributed by atoms with Crippen LogP contribution in [-0.4, -0.2) is 60.1 Å². The number of nitrogens with zero attached hydrogens (tertiary/aromatic N) is 3. The van der Waals surface area contributed by atoms with Crippen molar-refractivity contribution in [2.45, 2.75) is 19.9 Å². The summed E-state index contributed by atoms with van der Waals surface area (Å²) in [6, 6.07) is 11.7. The molecule has 0 unspecified atom stereocenters. The molecule has 25 heavy (non-hydrogen) atoms. The Balaban J connectivity index is 1.71. The molecular formula is C19H25N3O3. The molecule has 1 aromatic carbocycles. The van der Waals surface area contributed by atoms with E-state index in [-0.39, 0.29) is 5.97 Å². The van der Waals surface area contributed by atoms with E-state index in [1.54, 1.807) is 4.68 Å². The van der Waals surface area contributed by atoms with Gasteiger partial charge in [0.05, 0.1) is 25.5 Å². The van der Waals surface area contributed by atoms with Gasteiger partial charge in [0.2, 0.25) is 0 Å². The van der Waals surface area contributed by atoms with Crippen molar-refractivity contribution >= 4 is 5.97 Å². The molecule has 0 amide bonds. The monoisotopic (exact) mass is 343 g/mol. The second kappa shape index (κ2) is 8.78. The molecule has 0 bridgehead atoms. The first-order valence-electron chi connectivity index (χ1n) is 8.88. The first-order chi connectivity index (χ1) is 12.3. The Morgan fingerprint density at radius 1 is 1.20 bits per heavy atom. The van der Waals surface area contributed by atoms with Crippen molar-refractivity contribution in [3.05, 3.63) is 42.1 Å². The van der Waals surface area contributed by atoms with Gasteiger partial charge in [-0.3, -0.25) is 9.58 Å². The summed E-state index contributed by atoms with van der Waals surface area (Å²) in [6.07, 6.45) is 0.933. The van der Waals surface area contributed by atoms with Crippen LogP contribution in [0.25, 0.3) is 11.3 Å². The molecule has 1 aromatic heterocycles. The quantitative estimate of drug-likeness (QED) is 0.723. The number of carbonyl (C=O) groups excluding carboxylic acids is 1. The molecule has 2 heterocycles. The predicted octanol–water partition coefficient (Wildman–Crippen LogP) is 2.45. The lowest BCUT2D eigenvalue weighted by Crippen LogP contribution is -2.37. The molecule has 6 nitrogen and oxygen atoms in total. The third-order valence-electron chi connectivity index (χ3n) is 4.28. The summed E-state index contributed by atoms with van der Waals surface area (Å²) in [5.41, 5.74) is 2.32. The van der Waals surface area contributed by atoms with Crippen LogP contribution in [0.3, 0.4) is 0 Å². The van der Waals surface area contributed by atoms with E-state index >= 15 is 0 Å². The van der Waals surface area contributed by atoms with Gasteiger partial charge >= 0.3 is 5.97 Å². The van der Waals surface area contributed by atoms with Gasteiger partial charge in [-0.2, -0.15) is 5.10 Å². The Bertz CT molecular complexity index is 678. The predicted molar refractivity (Wildman–Crippen MR) is 95.5 cm³/mol. The standard InChI is InChI=1S/C19H25N3O3/c1-2-25-19(23)18-15-17(16-7-4-3-5-8-16)20-22(18)10-6-9-21-11-13-24-14-12-21/h3-5,7-8,15H,2,6,9-14H2,1H3. The fraction of sp³-hybridized carbons (Fsp3) is 0.474. The van der Waals surface area contributed by atoms with Gasteiger partial charge in [0.1, 0.15) is 5.69 Å². The first kappa shape index (κ1) is 17.6. The molecule has 1 saturated heterocycles. The number of morpholine rings is 1. The second-order valence-corrected chi connectivity index (χ2v) is 6.03. The largest absolute Gasteiger partial charge is 0.461 e. The summed E-state index contributed by atoms with van der Waals surface area (Å²) < 4.78 is 12.3. The van der Waals surface area contributed by atoms with E-state index in [4.69, 9.17) is 9.47 Å². The molecule has 0 spiro atoms. The summed E-state index contributed by atoms with van der Waals surface area (Å²) in [7, 11) is 0. The van der Waals surface area contributed by atoms with Crippen LogP contribution in [0.15, 0.2) is 36.4 Å². The fourth-order valence-corrected chi connectivity index (χ4v) is 2.98. The highest BCUT2D eigenvalue weighted by Gasteiger charge is 2.18. The SMILES string of the molecule is CCOC(=O)c1cc(-c2ccccc2)nn1CCCN1CCOCC1. The van der Waals surface area contributed by atoms with Gasteiger partial charge in [-0.05, 0) is 19.4 Å². The number of aryl methyl sites for hydroxylation is 1. The fourth-order valence-electron chi connectivity index (χ4n) is 2.98. The van der Waals surface area contributed by atoms with E-state index in [0.717, 1.165) is 50.5 Å². The average Bonchev–Trinajstić information content (AvgIpc) is 3.08. The number of carbonyl (C=O) groups is 1. The summed E-state index contributed by atoms with van der Waals surface area (Å²) in [5.74, 6) is -0.316. The molecule has 1 aliphatic heterocycles. The van der Waals surface area contributed by atoms with Crippen LogP contribution in [0.5, 0.6) is 0 Å². The van der Waals surface area contributed by atoms with E-state index in [0.29, 0.717) is 18.8 Å². The summed E-state index contributed by atoms with van der Waals surface area (Å²) in [5, 5.41) is 4.64. The Kier molecular flexibility index (Phi) is 6.19. The molecule has 134 valence electrons. The van der Waals surface area contributed by atoms with Crippen LogP contribution in [0.2, 0.25) is 0 Å². The summed E-state index contributed by atoms with van der Waals surface area (Å²) >= 11 is 0. The normalized spacial score (nSPS) is 15.2. The number of benzene rings is 1. The molecule has 0 radical (unpaired) electrons. The van der Waals surface area contributed by atoms with Crippen LogP contribution in [0.4, 0.5) is 0 Å². The van der Waals surface area contributed by atoms with Crippen molar-refractivity contribution in [2.24, 2.45) is 0 Å². The lowest BCUT2D eigenvalue weighted by molar-refractivity contribution is 0.0367. The zero-order chi connectivity index (χ0) is 17.5. The number of hydrogen-bond donors (Lipinski definition) is 0. The Hall–Kier alpha value is -2.18. The molecule has 2 aromatic rings. The number of ether oxygens (including phenoxy) is 2. The van der Waals surface area contributed by atoms with Gasteiger partial charge in [0.15, 0.2) is 0 Å². The van der Waals surface area contributed by atoms with Crippen LogP contribution < -0.4 is 0 Å². The molecule has 0 saturated carbocycles. The molecule has 1 aliphatic rings. The third kappa shape index (κ3) is 4.67. The summed E-state index contributed by atoms with van der Waals surface area (Å²) in [4.78, 5) is 14.6. The maximum Gasteiger partial charge on any atom is 0.356 e. The minimum absolute atomic E-state index is 0.316. The number of hydrogen-bond acceptors (Lipinski definition) is 5. The molecule has 3 rings (SSSR count). The van der Waals surface area contributed by atoms with E-state index in [1.807, 2.05) is 43.3 Å². The number of rotatable bonds is 7. The molecule has 0 aliphatic carbocycles. The Morgan fingerprint density at radius 2 is 1.96 bits per heavy atom. The minimum atomic E-state index is -0.316. The van der Waals surface area contributed by atoms with Crippen molar-refractivity contribution in [2.75, 3.05) is 39.5 Å². The van der Waals surface area contributed by atoms with Gasteiger partial charge in [0.25, 0.3) is 0 Å². The van der Waals surface area contributed by atoms with Crippen molar-refractivity contribution < 1.29 is 14.3 Å². The van der Waals surface area contributed by atoms with E-state index in [2.05, 4.69) is 10.00 Å². The minimum Gasteiger partial charge on any atom is -0.461 e. The van der Waals surface area contributed by atoms with Crippen molar-refractivity contribution in [3.8, 4) is 11.3 Å². The molecule has 6 heteroatoms.